The molecule has 0 N–H and O–H groups in total. The van der Waals surface area contributed by atoms with Crippen molar-refractivity contribution in [2.24, 2.45) is 0 Å². The van der Waals surface area contributed by atoms with E-state index in [-0.39, 0.29) is 0 Å². The second-order valence-electron chi connectivity index (χ2n) is 4.07. The van der Waals surface area contributed by atoms with Gasteiger partial charge < -0.3 is 0 Å². The Bertz CT molecular complexity index is 291. The van der Waals surface area contributed by atoms with Crippen molar-refractivity contribution in [2.45, 2.75) is 46.0 Å². The van der Waals surface area contributed by atoms with Crippen molar-refractivity contribution in [2.75, 3.05) is 0 Å². The van der Waals surface area contributed by atoms with Gasteiger partial charge in [0.15, 0.2) is 0 Å². The van der Waals surface area contributed by atoms with E-state index in [0.717, 1.165) is 0 Å². The molecule has 0 bridgehead atoms. The summed E-state index contributed by atoms with van der Waals surface area (Å²) >= 11 is 3.62. The Morgan fingerprint density at radius 1 is 1.36 bits per heavy atom. The maximum atomic E-state index is 3.62. The zero-order chi connectivity index (χ0) is 10.6. The summed E-state index contributed by atoms with van der Waals surface area (Å²) in [4.78, 5) is 0. The molecule has 1 aromatic carbocycles. The van der Waals surface area contributed by atoms with E-state index in [1.54, 1.807) is 0 Å². The van der Waals surface area contributed by atoms with E-state index in [2.05, 4.69) is 54.9 Å². The molecule has 0 aliphatic rings. The standard InChI is InChI=1S/C13H19Br/c1-4-5-6-11(3)12-9-10(2)7-8-13(12)14/h7-9,11H,4-6H2,1-3H3. The molecule has 0 saturated carbocycles. The highest BCUT2D eigenvalue weighted by Gasteiger charge is 2.08. The molecule has 1 unspecified atom stereocenters. The third-order valence-electron chi connectivity index (χ3n) is 2.67. The second-order valence-corrected chi connectivity index (χ2v) is 4.92. The minimum Gasteiger partial charge on any atom is -0.0654 e. The number of benzene rings is 1. The van der Waals surface area contributed by atoms with Crippen LogP contribution < -0.4 is 0 Å². The predicted octanol–water partition coefficient (Wildman–Crippen LogP) is 5.05. The molecule has 1 rings (SSSR count). The molecule has 78 valence electrons. The van der Waals surface area contributed by atoms with Gasteiger partial charge in [-0.3, -0.25) is 0 Å². The van der Waals surface area contributed by atoms with Gasteiger partial charge in [0.2, 0.25) is 0 Å². The van der Waals surface area contributed by atoms with Gasteiger partial charge in [-0.05, 0) is 30.9 Å². The molecule has 0 aliphatic heterocycles. The first-order valence-corrected chi connectivity index (χ1v) is 6.20. The third kappa shape index (κ3) is 3.13. The van der Waals surface area contributed by atoms with Crippen LogP contribution >= 0.6 is 15.9 Å². The van der Waals surface area contributed by atoms with Crippen molar-refractivity contribution < 1.29 is 0 Å². The molecule has 0 nitrogen and oxygen atoms in total. The van der Waals surface area contributed by atoms with Gasteiger partial charge in [-0.2, -0.15) is 0 Å². The monoisotopic (exact) mass is 254 g/mol. The van der Waals surface area contributed by atoms with Crippen molar-refractivity contribution in [3.8, 4) is 0 Å². The Morgan fingerprint density at radius 3 is 2.71 bits per heavy atom. The van der Waals surface area contributed by atoms with Crippen molar-refractivity contribution in [3.05, 3.63) is 33.8 Å². The topological polar surface area (TPSA) is 0 Å². The van der Waals surface area contributed by atoms with Crippen LogP contribution in [0.15, 0.2) is 22.7 Å². The normalized spacial score (nSPS) is 12.9. The van der Waals surface area contributed by atoms with E-state index >= 15 is 0 Å². The summed E-state index contributed by atoms with van der Waals surface area (Å²) in [5.74, 6) is 0.671. The van der Waals surface area contributed by atoms with Crippen LogP contribution in [-0.2, 0) is 0 Å². The molecular weight excluding hydrogens is 236 g/mol. The average Bonchev–Trinajstić information content (AvgIpc) is 2.18. The number of unbranched alkanes of at least 4 members (excludes halogenated alkanes) is 1. The maximum absolute atomic E-state index is 3.62. The Balaban J connectivity index is 2.77. The lowest BCUT2D eigenvalue weighted by atomic mass is 9.94. The summed E-state index contributed by atoms with van der Waals surface area (Å²) in [6.45, 7) is 6.72. The lowest BCUT2D eigenvalue weighted by Gasteiger charge is -2.14. The number of rotatable bonds is 4. The van der Waals surface area contributed by atoms with E-state index in [0.29, 0.717) is 5.92 Å². The van der Waals surface area contributed by atoms with Crippen LogP contribution in [0.4, 0.5) is 0 Å². The maximum Gasteiger partial charge on any atom is 0.0210 e. The summed E-state index contributed by atoms with van der Waals surface area (Å²) in [5.41, 5.74) is 2.81. The van der Waals surface area contributed by atoms with Crippen LogP contribution in [0.1, 0.15) is 50.2 Å². The molecule has 0 heterocycles. The lowest BCUT2D eigenvalue weighted by molar-refractivity contribution is 0.622. The Labute approximate surface area is 95.9 Å². The summed E-state index contributed by atoms with van der Waals surface area (Å²) in [7, 11) is 0. The number of hydrogen-bond donors (Lipinski definition) is 0. The fourth-order valence-corrected chi connectivity index (χ4v) is 2.34. The van der Waals surface area contributed by atoms with Crippen LogP contribution in [0, 0.1) is 6.92 Å². The second kappa shape index (κ2) is 5.55. The first-order valence-electron chi connectivity index (χ1n) is 5.41. The minimum absolute atomic E-state index is 0.671. The van der Waals surface area contributed by atoms with Crippen molar-refractivity contribution in [1.82, 2.24) is 0 Å². The Kier molecular flexibility index (Phi) is 4.67. The van der Waals surface area contributed by atoms with Gasteiger partial charge in [-0.1, -0.05) is 60.3 Å². The number of aryl methyl sites for hydroxylation is 1. The summed E-state index contributed by atoms with van der Waals surface area (Å²) in [6.07, 6.45) is 3.90. The molecule has 0 aromatic heterocycles. The Hall–Kier alpha value is -0.300. The molecule has 1 heteroatoms. The molecule has 0 aliphatic carbocycles. The lowest BCUT2D eigenvalue weighted by Crippen LogP contribution is -1.95. The van der Waals surface area contributed by atoms with Gasteiger partial charge in [0.1, 0.15) is 0 Å². The first kappa shape index (κ1) is 11.8. The van der Waals surface area contributed by atoms with Crippen LogP contribution in [-0.4, -0.2) is 0 Å². The van der Waals surface area contributed by atoms with Crippen LogP contribution in [0.25, 0.3) is 0 Å². The summed E-state index contributed by atoms with van der Waals surface area (Å²) in [6, 6.07) is 6.61. The predicted molar refractivity (Wildman–Crippen MR) is 66.8 cm³/mol. The molecular formula is C13H19Br. The molecule has 1 aromatic rings. The van der Waals surface area contributed by atoms with E-state index in [9.17, 15) is 0 Å². The quantitative estimate of drug-likeness (QED) is 0.706. The Morgan fingerprint density at radius 2 is 2.07 bits per heavy atom. The average molecular weight is 255 g/mol. The van der Waals surface area contributed by atoms with Gasteiger partial charge in [-0.25, -0.2) is 0 Å². The molecule has 0 spiro atoms. The highest BCUT2D eigenvalue weighted by molar-refractivity contribution is 9.10. The molecule has 0 radical (unpaired) electrons. The van der Waals surface area contributed by atoms with Gasteiger partial charge in [0, 0.05) is 4.47 Å². The number of halogens is 1. The highest BCUT2D eigenvalue weighted by Crippen LogP contribution is 2.29. The SMILES string of the molecule is CCCCC(C)c1cc(C)ccc1Br. The molecule has 0 saturated heterocycles. The first-order chi connectivity index (χ1) is 6.65. The van der Waals surface area contributed by atoms with Gasteiger partial charge >= 0.3 is 0 Å². The van der Waals surface area contributed by atoms with E-state index in [1.807, 2.05) is 0 Å². The van der Waals surface area contributed by atoms with Crippen molar-refractivity contribution in [1.29, 1.82) is 0 Å². The van der Waals surface area contributed by atoms with E-state index in [4.69, 9.17) is 0 Å². The number of hydrogen-bond acceptors (Lipinski definition) is 0. The van der Waals surface area contributed by atoms with Gasteiger partial charge in [0.05, 0.1) is 0 Å². The zero-order valence-corrected chi connectivity index (χ0v) is 10.9. The fraction of sp³-hybridized carbons (Fsp3) is 0.538. The zero-order valence-electron chi connectivity index (χ0n) is 9.31. The highest BCUT2D eigenvalue weighted by atomic mass is 79.9. The van der Waals surface area contributed by atoms with Crippen molar-refractivity contribution in [3.63, 3.8) is 0 Å². The molecule has 14 heavy (non-hydrogen) atoms. The van der Waals surface area contributed by atoms with Gasteiger partial charge in [-0.15, -0.1) is 0 Å². The van der Waals surface area contributed by atoms with Crippen molar-refractivity contribution >= 4 is 15.9 Å². The third-order valence-corrected chi connectivity index (χ3v) is 3.40. The van der Waals surface area contributed by atoms with E-state index in [1.165, 1.54) is 34.9 Å². The largest absolute Gasteiger partial charge is 0.0654 e. The van der Waals surface area contributed by atoms with Crippen LogP contribution in [0.3, 0.4) is 0 Å². The van der Waals surface area contributed by atoms with Gasteiger partial charge in [0.25, 0.3) is 0 Å². The smallest absolute Gasteiger partial charge is 0.0210 e. The van der Waals surface area contributed by atoms with E-state index < -0.39 is 0 Å². The summed E-state index contributed by atoms with van der Waals surface area (Å²) in [5, 5.41) is 0. The molecule has 0 amide bonds. The van der Waals surface area contributed by atoms with Crippen LogP contribution in [0.5, 0.6) is 0 Å². The van der Waals surface area contributed by atoms with Crippen LogP contribution in [0.2, 0.25) is 0 Å². The molecule has 1 atom stereocenters. The molecule has 0 fully saturated rings. The minimum atomic E-state index is 0.671. The fourth-order valence-electron chi connectivity index (χ4n) is 1.71. The summed E-state index contributed by atoms with van der Waals surface area (Å²) < 4.78 is 1.26.